The van der Waals surface area contributed by atoms with Crippen LogP contribution in [0.3, 0.4) is 0 Å². The summed E-state index contributed by atoms with van der Waals surface area (Å²) in [5.74, 6) is 0.357. The van der Waals surface area contributed by atoms with E-state index >= 15 is 0 Å². The van der Waals surface area contributed by atoms with Crippen molar-refractivity contribution < 1.29 is 4.79 Å². The molecule has 0 radical (unpaired) electrons. The van der Waals surface area contributed by atoms with Crippen LogP contribution in [0, 0.1) is 11.3 Å². The van der Waals surface area contributed by atoms with Gasteiger partial charge in [0.1, 0.15) is 5.78 Å². The maximum Gasteiger partial charge on any atom is 0.135 e. The first-order chi connectivity index (χ1) is 5.74. The summed E-state index contributed by atoms with van der Waals surface area (Å²) in [6, 6.07) is 2.46. The molecule has 0 amide bonds. The van der Waals surface area contributed by atoms with Crippen molar-refractivity contribution in [2.24, 2.45) is 0 Å². The molecule has 0 spiro atoms. The highest BCUT2D eigenvalue weighted by molar-refractivity contribution is 5.79. The van der Waals surface area contributed by atoms with Gasteiger partial charge in [-0.3, -0.25) is 9.69 Å². The molecular weight excluding hydrogens is 152 g/mol. The van der Waals surface area contributed by atoms with Crippen LogP contribution in [-0.2, 0) is 4.79 Å². The Balaban J connectivity index is 2.34. The highest BCUT2D eigenvalue weighted by Crippen LogP contribution is 2.11. The fourth-order valence-corrected chi connectivity index (χ4v) is 1.48. The van der Waals surface area contributed by atoms with Gasteiger partial charge in [0, 0.05) is 32.0 Å². The van der Waals surface area contributed by atoms with Crippen LogP contribution in [0.2, 0.25) is 0 Å². The third kappa shape index (κ3) is 2.31. The number of ketones is 1. The molecule has 1 saturated heterocycles. The van der Waals surface area contributed by atoms with Crippen molar-refractivity contribution in [3.8, 4) is 6.07 Å². The lowest BCUT2D eigenvalue weighted by Crippen LogP contribution is -2.39. The summed E-state index contributed by atoms with van der Waals surface area (Å²) >= 11 is 0. The molecule has 66 valence electrons. The lowest BCUT2D eigenvalue weighted by Gasteiger charge is -2.30. The van der Waals surface area contributed by atoms with Crippen LogP contribution in [-0.4, -0.2) is 29.8 Å². The van der Waals surface area contributed by atoms with Gasteiger partial charge in [-0.25, -0.2) is 0 Å². The minimum atomic E-state index is 0.308. The molecule has 0 aromatic heterocycles. The zero-order valence-corrected chi connectivity index (χ0v) is 7.42. The van der Waals surface area contributed by atoms with Gasteiger partial charge >= 0.3 is 0 Å². The standard InChI is InChI=1S/C9H14N2O/c1-8(2-5-10)11-6-3-9(12)4-7-11/h8H,2-4,6-7H2,1H3/t8-/m0/s1. The molecule has 3 nitrogen and oxygen atoms in total. The summed E-state index contributed by atoms with van der Waals surface area (Å²) in [7, 11) is 0. The van der Waals surface area contributed by atoms with E-state index in [4.69, 9.17) is 5.26 Å². The van der Waals surface area contributed by atoms with Crippen LogP contribution in [0.5, 0.6) is 0 Å². The number of carbonyl (C=O) groups is 1. The first-order valence-corrected chi connectivity index (χ1v) is 4.36. The molecule has 12 heavy (non-hydrogen) atoms. The topological polar surface area (TPSA) is 44.1 Å². The molecule has 1 heterocycles. The fraction of sp³-hybridized carbons (Fsp3) is 0.778. The predicted octanol–water partition coefficient (Wildman–Crippen LogP) is 0.953. The van der Waals surface area contributed by atoms with Gasteiger partial charge in [-0.1, -0.05) is 0 Å². The van der Waals surface area contributed by atoms with Crippen LogP contribution < -0.4 is 0 Å². The number of hydrogen-bond acceptors (Lipinski definition) is 3. The van der Waals surface area contributed by atoms with Crippen molar-refractivity contribution in [3.05, 3.63) is 0 Å². The molecule has 1 atom stereocenters. The summed E-state index contributed by atoms with van der Waals surface area (Å²) < 4.78 is 0. The second-order valence-corrected chi connectivity index (χ2v) is 3.29. The van der Waals surface area contributed by atoms with Crippen LogP contribution in [0.1, 0.15) is 26.2 Å². The van der Waals surface area contributed by atoms with Gasteiger partial charge in [0.05, 0.1) is 12.5 Å². The minimum Gasteiger partial charge on any atom is -0.300 e. The monoisotopic (exact) mass is 166 g/mol. The summed E-state index contributed by atoms with van der Waals surface area (Å²) in [6.07, 6.45) is 1.89. The van der Waals surface area contributed by atoms with E-state index in [1.165, 1.54) is 0 Å². The third-order valence-electron chi connectivity index (χ3n) is 2.37. The van der Waals surface area contributed by atoms with Crippen molar-refractivity contribution in [2.75, 3.05) is 13.1 Å². The maximum absolute atomic E-state index is 10.9. The van der Waals surface area contributed by atoms with Gasteiger partial charge in [0.2, 0.25) is 0 Å². The molecular formula is C9H14N2O. The Morgan fingerprint density at radius 3 is 2.67 bits per heavy atom. The van der Waals surface area contributed by atoms with Crippen LogP contribution in [0.15, 0.2) is 0 Å². The number of Topliss-reactive ketones (excluding diaryl/α,β-unsaturated/α-hetero) is 1. The molecule has 0 unspecified atom stereocenters. The predicted molar refractivity (Wildman–Crippen MR) is 45.5 cm³/mol. The molecule has 3 heteroatoms. The second kappa shape index (κ2) is 4.22. The SMILES string of the molecule is C[C@@H](CC#N)N1CCC(=O)CC1. The largest absolute Gasteiger partial charge is 0.300 e. The molecule has 1 aliphatic rings. The molecule has 0 saturated carbocycles. The summed E-state index contributed by atoms with van der Waals surface area (Å²) in [5, 5.41) is 8.48. The Kier molecular flexibility index (Phi) is 3.24. The highest BCUT2D eigenvalue weighted by Gasteiger charge is 2.19. The van der Waals surface area contributed by atoms with E-state index in [0.29, 0.717) is 31.1 Å². The maximum atomic E-state index is 10.9. The van der Waals surface area contributed by atoms with Crippen LogP contribution >= 0.6 is 0 Å². The number of hydrogen-bond donors (Lipinski definition) is 0. The highest BCUT2D eigenvalue weighted by atomic mass is 16.1. The first kappa shape index (κ1) is 9.21. The van der Waals surface area contributed by atoms with Gasteiger partial charge in [-0.15, -0.1) is 0 Å². The van der Waals surface area contributed by atoms with Crippen molar-refractivity contribution in [1.29, 1.82) is 5.26 Å². The normalized spacial score (nSPS) is 21.8. The third-order valence-corrected chi connectivity index (χ3v) is 2.37. The molecule has 1 fully saturated rings. The summed E-state index contributed by atoms with van der Waals surface area (Å²) in [5.41, 5.74) is 0. The van der Waals surface area contributed by atoms with E-state index in [1.807, 2.05) is 6.92 Å². The smallest absolute Gasteiger partial charge is 0.135 e. The van der Waals surface area contributed by atoms with Gasteiger partial charge < -0.3 is 0 Å². The minimum absolute atomic E-state index is 0.308. The molecule has 1 aliphatic heterocycles. The van der Waals surface area contributed by atoms with Gasteiger partial charge in [-0.05, 0) is 6.92 Å². The fourth-order valence-electron chi connectivity index (χ4n) is 1.48. The molecule has 0 N–H and O–H groups in total. The van der Waals surface area contributed by atoms with Gasteiger partial charge in [0.25, 0.3) is 0 Å². The van der Waals surface area contributed by atoms with Crippen LogP contribution in [0.4, 0.5) is 0 Å². The Hall–Kier alpha value is -0.880. The van der Waals surface area contributed by atoms with E-state index in [0.717, 1.165) is 13.1 Å². The van der Waals surface area contributed by atoms with E-state index in [-0.39, 0.29) is 0 Å². The zero-order valence-electron chi connectivity index (χ0n) is 7.42. The summed E-state index contributed by atoms with van der Waals surface area (Å²) in [4.78, 5) is 13.1. The number of piperidine rings is 1. The average Bonchev–Trinajstić information content (AvgIpc) is 2.06. The quantitative estimate of drug-likeness (QED) is 0.613. The van der Waals surface area contributed by atoms with Crippen molar-refractivity contribution in [3.63, 3.8) is 0 Å². The van der Waals surface area contributed by atoms with E-state index < -0.39 is 0 Å². The Labute approximate surface area is 73.0 Å². The van der Waals surface area contributed by atoms with E-state index in [9.17, 15) is 4.79 Å². The lowest BCUT2D eigenvalue weighted by molar-refractivity contribution is -0.121. The zero-order chi connectivity index (χ0) is 8.97. The number of likely N-dealkylation sites (tertiary alicyclic amines) is 1. The summed E-state index contributed by atoms with van der Waals surface area (Å²) in [6.45, 7) is 3.71. The average molecular weight is 166 g/mol. The molecule has 0 aromatic rings. The number of carbonyl (C=O) groups excluding carboxylic acids is 1. The van der Waals surface area contributed by atoms with E-state index in [1.54, 1.807) is 0 Å². The molecule has 1 rings (SSSR count). The molecule has 0 aromatic carbocycles. The molecule has 0 aliphatic carbocycles. The molecule has 0 bridgehead atoms. The Morgan fingerprint density at radius 2 is 2.17 bits per heavy atom. The van der Waals surface area contributed by atoms with Crippen molar-refractivity contribution >= 4 is 5.78 Å². The van der Waals surface area contributed by atoms with E-state index in [2.05, 4.69) is 11.0 Å². The van der Waals surface area contributed by atoms with Gasteiger partial charge in [-0.2, -0.15) is 5.26 Å². The number of nitriles is 1. The Bertz CT molecular complexity index is 197. The van der Waals surface area contributed by atoms with Crippen molar-refractivity contribution in [1.82, 2.24) is 4.90 Å². The number of rotatable bonds is 2. The van der Waals surface area contributed by atoms with Crippen LogP contribution in [0.25, 0.3) is 0 Å². The lowest BCUT2D eigenvalue weighted by atomic mass is 10.1. The first-order valence-electron chi connectivity index (χ1n) is 4.36. The van der Waals surface area contributed by atoms with Crippen molar-refractivity contribution in [2.45, 2.75) is 32.2 Å². The van der Waals surface area contributed by atoms with Gasteiger partial charge in [0.15, 0.2) is 0 Å². The Morgan fingerprint density at radius 1 is 1.58 bits per heavy atom. The number of nitrogens with zero attached hydrogens (tertiary/aromatic N) is 2. The second-order valence-electron chi connectivity index (χ2n) is 3.29.